The third-order valence-corrected chi connectivity index (χ3v) is 5.30. The van der Waals surface area contributed by atoms with E-state index in [0.717, 1.165) is 11.1 Å². The highest BCUT2D eigenvalue weighted by Crippen LogP contribution is 2.34. The number of nitrogens with one attached hydrogen (secondary N) is 1. The molecule has 0 spiro atoms. The molecule has 0 saturated carbocycles. The maximum Gasteiger partial charge on any atom is 0.271 e. The Morgan fingerprint density at radius 1 is 1.12 bits per heavy atom. The summed E-state index contributed by atoms with van der Waals surface area (Å²) in [7, 11) is 0. The molecule has 6 N–H and O–H groups in total. The number of aromatic nitrogens is 3. The Morgan fingerprint density at radius 2 is 1.84 bits per heavy atom. The molecular formula is C23H22N6O3. The standard InChI is InChI=1S/C23H22N6O3/c1-12-8-9-16(30)13(2)19(12)29-20(24)17(21(25)31)18-22(29)26-11-15(28-18)23(32)27-10-14-6-4-3-5-7-14/h3-9,11,30H,10,24H2,1-2H3,(H2,25,31)(H,27,32). The Balaban J connectivity index is 1.82. The quantitative estimate of drug-likeness (QED) is 0.382. The first kappa shape index (κ1) is 20.9. The first-order valence-corrected chi connectivity index (χ1v) is 9.88. The zero-order valence-electron chi connectivity index (χ0n) is 17.6. The normalized spacial score (nSPS) is 10.9. The Bertz CT molecular complexity index is 1360. The average Bonchev–Trinajstić information content (AvgIpc) is 3.07. The van der Waals surface area contributed by atoms with Crippen LogP contribution in [0.5, 0.6) is 5.75 Å². The van der Waals surface area contributed by atoms with Gasteiger partial charge in [-0.25, -0.2) is 9.97 Å². The highest BCUT2D eigenvalue weighted by atomic mass is 16.3. The largest absolute Gasteiger partial charge is 0.508 e. The van der Waals surface area contributed by atoms with Crippen LogP contribution in [-0.2, 0) is 6.54 Å². The predicted octanol–water partition coefficient (Wildman–Crippen LogP) is 2.35. The summed E-state index contributed by atoms with van der Waals surface area (Å²) in [6.45, 7) is 3.88. The van der Waals surface area contributed by atoms with E-state index in [0.29, 0.717) is 17.8 Å². The number of hydrogen-bond donors (Lipinski definition) is 4. The van der Waals surface area contributed by atoms with Gasteiger partial charge in [-0.05, 0) is 31.0 Å². The van der Waals surface area contributed by atoms with Crippen molar-refractivity contribution in [2.45, 2.75) is 20.4 Å². The second-order valence-electron chi connectivity index (χ2n) is 7.43. The number of carbonyl (C=O) groups is 2. The third kappa shape index (κ3) is 3.49. The van der Waals surface area contributed by atoms with Crippen LogP contribution in [0.1, 0.15) is 37.5 Å². The van der Waals surface area contributed by atoms with Gasteiger partial charge in [0.2, 0.25) is 0 Å². The van der Waals surface area contributed by atoms with E-state index in [9.17, 15) is 14.7 Å². The van der Waals surface area contributed by atoms with Crippen LogP contribution in [0.2, 0.25) is 0 Å². The molecule has 0 saturated heterocycles. The molecule has 0 atom stereocenters. The number of primary amides is 1. The molecule has 0 aliphatic rings. The number of anilines is 1. The topological polar surface area (TPSA) is 149 Å². The summed E-state index contributed by atoms with van der Waals surface area (Å²) in [6.07, 6.45) is 1.32. The van der Waals surface area contributed by atoms with Gasteiger partial charge in [-0.3, -0.25) is 14.2 Å². The number of fused-ring (bicyclic) bond motifs is 1. The lowest BCUT2D eigenvalue weighted by Crippen LogP contribution is -2.24. The molecule has 0 bridgehead atoms. The number of aromatic hydroxyl groups is 1. The molecule has 0 aliphatic carbocycles. The van der Waals surface area contributed by atoms with E-state index >= 15 is 0 Å². The summed E-state index contributed by atoms with van der Waals surface area (Å²) in [5.74, 6) is -1.14. The molecule has 162 valence electrons. The van der Waals surface area contributed by atoms with Gasteiger partial charge in [0.1, 0.15) is 28.3 Å². The molecule has 2 amide bonds. The van der Waals surface area contributed by atoms with Crippen LogP contribution in [0.15, 0.2) is 48.7 Å². The van der Waals surface area contributed by atoms with E-state index in [-0.39, 0.29) is 34.0 Å². The minimum atomic E-state index is -0.794. The zero-order valence-corrected chi connectivity index (χ0v) is 17.6. The molecular weight excluding hydrogens is 408 g/mol. The van der Waals surface area contributed by atoms with Crippen molar-refractivity contribution in [3.05, 3.63) is 76.6 Å². The van der Waals surface area contributed by atoms with Gasteiger partial charge < -0.3 is 21.9 Å². The molecule has 0 fully saturated rings. The van der Waals surface area contributed by atoms with Crippen LogP contribution in [0.4, 0.5) is 5.82 Å². The molecule has 2 heterocycles. The maximum absolute atomic E-state index is 12.7. The first-order valence-electron chi connectivity index (χ1n) is 9.88. The van der Waals surface area contributed by atoms with E-state index in [1.165, 1.54) is 10.8 Å². The molecule has 9 nitrogen and oxygen atoms in total. The molecule has 0 radical (unpaired) electrons. The van der Waals surface area contributed by atoms with Crippen molar-refractivity contribution in [2.75, 3.05) is 5.73 Å². The lowest BCUT2D eigenvalue weighted by molar-refractivity contribution is 0.0944. The highest BCUT2D eigenvalue weighted by Gasteiger charge is 2.25. The Labute approximate surface area is 183 Å². The number of nitrogens with zero attached hydrogens (tertiary/aromatic N) is 3. The fraction of sp³-hybridized carbons (Fsp3) is 0.130. The Hall–Kier alpha value is -4.40. The van der Waals surface area contributed by atoms with E-state index in [2.05, 4.69) is 15.3 Å². The van der Waals surface area contributed by atoms with Gasteiger partial charge in [-0.1, -0.05) is 36.4 Å². The van der Waals surface area contributed by atoms with Crippen LogP contribution >= 0.6 is 0 Å². The minimum absolute atomic E-state index is 0.0254. The number of nitrogens with two attached hydrogens (primary N) is 2. The molecule has 0 unspecified atom stereocenters. The molecule has 2 aromatic heterocycles. The molecule has 0 aliphatic heterocycles. The molecule has 2 aromatic carbocycles. The Morgan fingerprint density at radius 3 is 2.53 bits per heavy atom. The summed E-state index contributed by atoms with van der Waals surface area (Å²) < 4.78 is 1.53. The van der Waals surface area contributed by atoms with Gasteiger partial charge in [0.15, 0.2) is 5.65 Å². The van der Waals surface area contributed by atoms with Crippen LogP contribution in [0.3, 0.4) is 0 Å². The van der Waals surface area contributed by atoms with Crippen molar-refractivity contribution in [1.82, 2.24) is 19.9 Å². The van der Waals surface area contributed by atoms with Crippen molar-refractivity contribution in [2.24, 2.45) is 5.73 Å². The summed E-state index contributed by atoms with van der Waals surface area (Å²) >= 11 is 0. The van der Waals surface area contributed by atoms with Crippen LogP contribution in [0, 0.1) is 13.8 Å². The van der Waals surface area contributed by atoms with Gasteiger partial charge in [0, 0.05) is 12.1 Å². The van der Waals surface area contributed by atoms with Crippen molar-refractivity contribution >= 4 is 28.8 Å². The van der Waals surface area contributed by atoms with E-state index in [4.69, 9.17) is 11.5 Å². The summed E-state index contributed by atoms with van der Waals surface area (Å²) in [6, 6.07) is 12.7. The maximum atomic E-state index is 12.7. The van der Waals surface area contributed by atoms with Crippen LogP contribution < -0.4 is 16.8 Å². The minimum Gasteiger partial charge on any atom is -0.508 e. The second-order valence-corrected chi connectivity index (χ2v) is 7.43. The number of hydrogen-bond acceptors (Lipinski definition) is 6. The fourth-order valence-electron chi connectivity index (χ4n) is 3.68. The molecule has 32 heavy (non-hydrogen) atoms. The molecule has 9 heteroatoms. The smallest absolute Gasteiger partial charge is 0.271 e. The van der Waals surface area contributed by atoms with Crippen LogP contribution in [0.25, 0.3) is 16.9 Å². The van der Waals surface area contributed by atoms with Crippen molar-refractivity contribution in [3.8, 4) is 11.4 Å². The number of rotatable bonds is 5. The number of phenols is 1. The SMILES string of the molecule is Cc1ccc(O)c(C)c1-n1c(N)c(C(N)=O)c2nc(C(=O)NCc3ccccc3)cnc21. The second kappa shape index (κ2) is 8.03. The van der Waals surface area contributed by atoms with E-state index in [1.807, 2.05) is 37.3 Å². The molecule has 4 rings (SSSR count). The number of benzene rings is 2. The lowest BCUT2D eigenvalue weighted by Gasteiger charge is -2.15. The van der Waals surface area contributed by atoms with Crippen LogP contribution in [-0.4, -0.2) is 31.5 Å². The van der Waals surface area contributed by atoms with E-state index < -0.39 is 11.8 Å². The molecule has 4 aromatic rings. The van der Waals surface area contributed by atoms with Gasteiger partial charge in [0.05, 0.1) is 11.9 Å². The monoisotopic (exact) mass is 430 g/mol. The fourth-order valence-corrected chi connectivity index (χ4v) is 3.68. The number of carbonyl (C=O) groups excluding carboxylic acids is 2. The third-order valence-electron chi connectivity index (χ3n) is 5.30. The first-order chi connectivity index (χ1) is 15.3. The van der Waals surface area contributed by atoms with Crippen molar-refractivity contribution < 1.29 is 14.7 Å². The Kier molecular flexibility index (Phi) is 5.23. The number of nitrogen functional groups attached to an aromatic ring is 1. The van der Waals surface area contributed by atoms with Crippen molar-refractivity contribution in [3.63, 3.8) is 0 Å². The van der Waals surface area contributed by atoms with Gasteiger partial charge >= 0.3 is 0 Å². The lowest BCUT2D eigenvalue weighted by atomic mass is 10.1. The number of phenolic OH excluding ortho intramolecular Hbond substituents is 1. The highest BCUT2D eigenvalue weighted by molar-refractivity contribution is 6.10. The predicted molar refractivity (Wildman–Crippen MR) is 121 cm³/mol. The van der Waals surface area contributed by atoms with Gasteiger partial charge in [-0.2, -0.15) is 0 Å². The van der Waals surface area contributed by atoms with Gasteiger partial charge in [0.25, 0.3) is 11.8 Å². The summed E-state index contributed by atoms with van der Waals surface area (Å²) in [5, 5.41) is 13.0. The van der Waals surface area contributed by atoms with E-state index in [1.54, 1.807) is 19.1 Å². The average molecular weight is 430 g/mol. The van der Waals surface area contributed by atoms with Crippen molar-refractivity contribution in [1.29, 1.82) is 0 Å². The number of amides is 2. The number of aryl methyl sites for hydroxylation is 1. The van der Waals surface area contributed by atoms with Gasteiger partial charge in [-0.15, -0.1) is 0 Å². The summed E-state index contributed by atoms with van der Waals surface area (Å²) in [4.78, 5) is 33.6. The zero-order chi connectivity index (χ0) is 23.0. The summed E-state index contributed by atoms with van der Waals surface area (Å²) in [5.41, 5.74) is 15.1.